The number of aromatic nitrogens is 1. The third-order valence-corrected chi connectivity index (χ3v) is 1.37. The summed E-state index contributed by atoms with van der Waals surface area (Å²) in [5, 5.41) is 0. The first-order valence-electron chi connectivity index (χ1n) is 3.41. The van der Waals surface area contributed by atoms with E-state index in [0.29, 0.717) is 17.5 Å². The molecule has 3 nitrogen and oxygen atoms in total. The normalized spacial score (nSPS) is 8.42. The molecule has 1 rings (SSSR count). The number of aryl methyl sites for hydroxylation is 1. The Morgan fingerprint density at radius 1 is 1.67 bits per heavy atom. The molecular formula is C9H8N2O. The first-order valence-corrected chi connectivity index (χ1v) is 3.41. The number of nitrogens with zero attached hydrogens (tertiary/aromatic N) is 1. The molecule has 0 amide bonds. The molecule has 1 heterocycles. The Kier molecular flexibility index (Phi) is 2.44. The molecule has 12 heavy (non-hydrogen) atoms. The molecule has 0 unspecified atom stereocenters. The van der Waals surface area contributed by atoms with Gasteiger partial charge >= 0.3 is 0 Å². The van der Waals surface area contributed by atoms with Crippen LogP contribution in [0.2, 0.25) is 0 Å². The minimum Gasteiger partial charge on any atom is -0.397 e. The van der Waals surface area contributed by atoms with Crippen molar-refractivity contribution in [1.29, 1.82) is 0 Å². The number of anilines is 1. The zero-order valence-corrected chi connectivity index (χ0v) is 6.66. The summed E-state index contributed by atoms with van der Waals surface area (Å²) in [5.41, 5.74) is 7.51. The second-order valence-corrected chi connectivity index (χ2v) is 2.29. The molecule has 0 saturated heterocycles. The third-order valence-electron chi connectivity index (χ3n) is 1.37. The van der Waals surface area contributed by atoms with Gasteiger partial charge < -0.3 is 5.73 Å². The molecule has 0 fully saturated rings. The zero-order chi connectivity index (χ0) is 8.97. The van der Waals surface area contributed by atoms with Crippen molar-refractivity contribution in [3.05, 3.63) is 23.5 Å². The van der Waals surface area contributed by atoms with Crippen LogP contribution in [-0.4, -0.2) is 11.3 Å². The number of nitrogen functional groups attached to an aromatic ring is 1. The molecule has 0 radical (unpaired) electrons. The molecule has 1 aromatic rings. The minimum atomic E-state index is 0.544. The van der Waals surface area contributed by atoms with Crippen molar-refractivity contribution >= 4 is 12.0 Å². The number of carbonyl (C=O) groups excluding carboxylic acids is 1. The van der Waals surface area contributed by atoms with Crippen molar-refractivity contribution in [2.75, 3.05) is 5.73 Å². The fourth-order valence-electron chi connectivity index (χ4n) is 0.783. The lowest BCUT2D eigenvalue weighted by Gasteiger charge is -1.97. The van der Waals surface area contributed by atoms with E-state index in [1.807, 2.05) is 6.92 Å². The standard InChI is InChI=1S/C9H8N2O/c1-7-8(3-2-4-12)5-9(10)6-11-7/h4-6H,10H2,1H3. The van der Waals surface area contributed by atoms with E-state index in [1.54, 1.807) is 12.3 Å². The van der Waals surface area contributed by atoms with Crippen molar-refractivity contribution in [3.63, 3.8) is 0 Å². The highest BCUT2D eigenvalue weighted by molar-refractivity contribution is 5.74. The predicted octanol–water partition coefficient (Wildman–Crippen LogP) is 0.523. The van der Waals surface area contributed by atoms with Crippen LogP contribution in [0.15, 0.2) is 12.3 Å². The van der Waals surface area contributed by atoms with Crippen LogP contribution in [0.25, 0.3) is 0 Å². The van der Waals surface area contributed by atoms with E-state index >= 15 is 0 Å². The number of aldehydes is 1. The van der Waals surface area contributed by atoms with E-state index in [1.165, 1.54) is 0 Å². The lowest BCUT2D eigenvalue weighted by Crippen LogP contribution is -1.92. The fraction of sp³-hybridized carbons (Fsp3) is 0.111. The third kappa shape index (κ3) is 1.83. The van der Waals surface area contributed by atoms with E-state index in [9.17, 15) is 4.79 Å². The van der Waals surface area contributed by atoms with Gasteiger partial charge in [-0.25, -0.2) is 0 Å². The van der Waals surface area contributed by atoms with Crippen molar-refractivity contribution in [3.8, 4) is 11.8 Å². The summed E-state index contributed by atoms with van der Waals surface area (Å²) in [6.07, 6.45) is 2.10. The maximum Gasteiger partial charge on any atom is 0.193 e. The number of rotatable bonds is 0. The maximum atomic E-state index is 9.95. The van der Waals surface area contributed by atoms with Gasteiger partial charge in [0.25, 0.3) is 0 Å². The number of hydrogen-bond acceptors (Lipinski definition) is 3. The summed E-state index contributed by atoms with van der Waals surface area (Å²) in [5.74, 6) is 4.95. The quantitative estimate of drug-likeness (QED) is 0.444. The summed E-state index contributed by atoms with van der Waals surface area (Å²) < 4.78 is 0. The molecule has 0 saturated carbocycles. The Balaban J connectivity index is 3.13. The Morgan fingerprint density at radius 3 is 3.08 bits per heavy atom. The molecule has 0 aliphatic rings. The van der Waals surface area contributed by atoms with Gasteiger partial charge in [-0.3, -0.25) is 9.78 Å². The van der Waals surface area contributed by atoms with E-state index in [-0.39, 0.29) is 0 Å². The summed E-state index contributed by atoms with van der Waals surface area (Å²) in [6.45, 7) is 1.81. The minimum absolute atomic E-state index is 0.544. The molecule has 0 atom stereocenters. The average Bonchev–Trinajstić information content (AvgIpc) is 2.07. The number of carbonyl (C=O) groups is 1. The van der Waals surface area contributed by atoms with Gasteiger partial charge in [0.2, 0.25) is 0 Å². The molecule has 0 aliphatic heterocycles. The Morgan fingerprint density at radius 2 is 2.42 bits per heavy atom. The first-order chi connectivity index (χ1) is 5.74. The van der Waals surface area contributed by atoms with Gasteiger partial charge in [-0.1, -0.05) is 5.92 Å². The molecule has 0 aromatic carbocycles. The summed E-state index contributed by atoms with van der Waals surface area (Å²) in [4.78, 5) is 13.9. The van der Waals surface area contributed by atoms with E-state index in [4.69, 9.17) is 5.73 Å². The molecule has 0 spiro atoms. The first kappa shape index (κ1) is 8.28. The van der Waals surface area contributed by atoms with Crippen LogP contribution in [0.3, 0.4) is 0 Å². The van der Waals surface area contributed by atoms with Crippen molar-refractivity contribution in [2.45, 2.75) is 6.92 Å². The van der Waals surface area contributed by atoms with Gasteiger partial charge in [-0.05, 0) is 18.9 Å². The van der Waals surface area contributed by atoms with Gasteiger partial charge in [0.05, 0.1) is 17.6 Å². The average molecular weight is 160 g/mol. The molecule has 2 N–H and O–H groups in total. The molecule has 3 heteroatoms. The highest BCUT2D eigenvalue weighted by Crippen LogP contribution is 2.07. The van der Waals surface area contributed by atoms with Gasteiger partial charge in [0.1, 0.15) is 0 Å². The highest BCUT2D eigenvalue weighted by Gasteiger charge is 1.95. The largest absolute Gasteiger partial charge is 0.397 e. The van der Waals surface area contributed by atoms with Crippen LogP contribution >= 0.6 is 0 Å². The highest BCUT2D eigenvalue weighted by atomic mass is 16.1. The summed E-state index contributed by atoms with van der Waals surface area (Å²) in [7, 11) is 0. The number of pyridine rings is 1. The monoisotopic (exact) mass is 160 g/mol. The summed E-state index contributed by atoms with van der Waals surface area (Å²) in [6, 6.07) is 1.69. The second kappa shape index (κ2) is 3.54. The SMILES string of the molecule is Cc1ncc(N)cc1C#CC=O. The molecule has 60 valence electrons. The van der Waals surface area contributed by atoms with Crippen LogP contribution in [0.4, 0.5) is 5.69 Å². The Labute approximate surface area is 70.6 Å². The fourth-order valence-corrected chi connectivity index (χ4v) is 0.783. The second-order valence-electron chi connectivity index (χ2n) is 2.29. The van der Waals surface area contributed by atoms with Crippen LogP contribution in [0, 0.1) is 18.8 Å². The van der Waals surface area contributed by atoms with Crippen LogP contribution in [0.5, 0.6) is 0 Å². The zero-order valence-electron chi connectivity index (χ0n) is 6.66. The van der Waals surface area contributed by atoms with Gasteiger partial charge in [0.15, 0.2) is 6.29 Å². The molecular weight excluding hydrogens is 152 g/mol. The number of nitrogens with two attached hydrogens (primary N) is 1. The lowest BCUT2D eigenvalue weighted by atomic mass is 10.2. The van der Waals surface area contributed by atoms with Crippen LogP contribution in [-0.2, 0) is 4.79 Å². The Hall–Kier alpha value is -1.82. The molecule has 0 bridgehead atoms. The van der Waals surface area contributed by atoms with Crippen molar-refractivity contribution in [2.24, 2.45) is 0 Å². The topological polar surface area (TPSA) is 56.0 Å². The van der Waals surface area contributed by atoms with Gasteiger partial charge in [-0.2, -0.15) is 0 Å². The molecule has 0 aliphatic carbocycles. The summed E-state index contributed by atoms with van der Waals surface area (Å²) >= 11 is 0. The van der Waals surface area contributed by atoms with Crippen LogP contribution in [0.1, 0.15) is 11.3 Å². The molecule has 1 aromatic heterocycles. The lowest BCUT2D eigenvalue weighted by molar-refractivity contribution is -0.103. The predicted molar refractivity (Wildman–Crippen MR) is 46.3 cm³/mol. The van der Waals surface area contributed by atoms with Gasteiger partial charge in [-0.15, -0.1) is 0 Å². The smallest absolute Gasteiger partial charge is 0.193 e. The van der Waals surface area contributed by atoms with Crippen molar-refractivity contribution < 1.29 is 4.79 Å². The van der Waals surface area contributed by atoms with E-state index < -0.39 is 0 Å². The van der Waals surface area contributed by atoms with E-state index in [0.717, 1.165) is 5.69 Å². The van der Waals surface area contributed by atoms with Gasteiger partial charge in [0, 0.05) is 5.56 Å². The Bertz CT molecular complexity index is 361. The number of hydrogen-bond donors (Lipinski definition) is 1. The maximum absolute atomic E-state index is 9.95. The van der Waals surface area contributed by atoms with Crippen LogP contribution < -0.4 is 5.73 Å². The van der Waals surface area contributed by atoms with E-state index in [2.05, 4.69) is 16.8 Å². The van der Waals surface area contributed by atoms with Crippen molar-refractivity contribution in [1.82, 2.24) is 4.98 Å².